The number of hydrogen-bond acceptors (Lipinski definition) is 5. The Morgan fingerprint density at radius 3 is 2.29 bits per heavy atom. The zero-order valence-electron chi connectivity index (χ0n) is 15.1. The fraction of sp³-hybridized carbons (Fsp3) is 0.250. The van der Waals surface area contributed by atoms with E-state index in [2.05, 4.69) is 19.9 Å². The van der Waals surface area contributed by atoms with Crippen LogP contribution >= 0.6 is 23.2 Å². The molecule has 0 amide bonds. The number of pyridine rings is 1. The molecule has 1 aromatic carbocycles. The van der Waals surface area contributed by atoms with Gasteiger partial charge in [-0.25, -0.2) is 9.67 Å². The van der Waals surface area contributed by atoms with Crippen LogP contribution in [0.4, 0.5) is 11.5 Å². The van der Waals surface area contributed by atoms with Crippen LogP contribution in [0.3, 0.4) is 0 Å². The van der Waals surface area contributed by atoms with E-state index in [1.165, 1.54) is 4.68 Å². The smallest absolute Gasteiger partial charge is 0.287 e. The van der Waals surface area contributed by atoms with Gasteiger partial charge in [0.2, 0.25) is 0 Å². The van der Waals surface area contributed by atoms with E-state index in [1.54, 1.807) is 12.4 Å². The Balaban J connectivity index is 1.47. The van der Waals surface area contributed by atoms with Crippen LogP contribution in [0, 0.1) is 0 Å². The third-order valence-electron chi connectivity index (χ3n) is 4.80. The minimum Gasteiger partial charge on any atom is -0.365 e. The zero-order valence-corrected chi connectivity index (χ0v) is 16.6. The van der Waals surface area contributed by atoms with Crippen molar-refractivity contribution in [3.05, 3.63) is 80.8 Å². The van der Waals surface area contributed by atoms with Crippen LogP contribution in [-0.4, -0.2) is 40.9 Å². The predicted octanol–water partition coefficient (Wildman–Crippen LogP) is 3.32. The zero-order chi connectivity index (χ0) is 19.5. The summed E-state index contributed by atoms with van der Waals surface area (Å²) < 4.78 is 1.40. The van der Waals surface area contributed by atoms with Crippen molar-refractivity contribution < 1.29 is 0 Å². The molecule has 1 aliphatic rings. The second-order valence-corrected chi connectivity index (χ2v) is 7.42. The van der Waals surface area contributed by atoms with Crippen molar-refractivity contribution in [2.75, 3.05) is 36.0 Å². The van der Waals surface area contributed by atoms with Gasteiger partial charge in [-0.1, -0.05) is 53.5 Å². The second-order valence-electron chi connectivity index (χ2n) is 6.60. The van der Waals surface area contributed by atoms with Gasteiger partial charge in [-0.05, 0) is 17.7 Å². The van der Waals surface area contributed by atoms with Crippen LogP contribution in [0.1, 0.15) is 5.56 Å². The maximum atomic E-state index is 12.7. The maximum absolute atomic E-state index is 12.7. The highest BCUT2D eigenvalue weighted by molar-refractivity contribution is 6.33. The lowest BCUT2D eigenvalue weighted by Gasteiger charge is -2.36. The molecular weight excluding hydrogens is 397 g/mol. The standard InChI is InChI=1S/C20H19Cl2N5O/c21-16-6-7-18(23-12-16)26-10-8-25(9-11-26)17-13-24-27(20(28)19(17)22)14-15-4-2-1-3-5-15/h1-7,12-13H,8-11,14H2. The molecule has 0 saturated carbocycles. The summed E-state index contributed by atoms with van der Waals surface area (Å²) in [5.41, 5.74) is 1.41. The van der Waals surface area contributed by atoms with E-state index in [4.69, 9.17) is 23.2 Å². The average Bonchev–Trinajstić information content (AvgIpc) is 2.73. The number of rotatable bonds is 4. The molecule has 0 aliphatic carbocycles. The molecule has 1 aliphatic heterocycles. The highest BCUT2D eigenvalue weighted by Gasteiger charge is 2.22. The Kier molecular flexibility index (Phi) is 5.50. The first-order valence-electron chi connectivity index (χ1n) is 9.03. The molecule has 0 atom stereocenters. The lowest BCUT2D eigenvalue weighted by Crippen LogP contribution is -2.47. The van der Waals surface area contributed by atoms with E-state index >= 15 is 0 Å². The summed E-state index contributed by atoms with van der Waals surface area (Å²) in [4.78, 5) is 21.3. The topological polar surface area (TPSA) is 54.3 Å². The van der Waals surface area contributed by atoms with Crippen molar-refractivity contribution in [3.8, 4) is 0 Å². The van der Waals surface area contributed by atoms with Gasteiger partial charge in [0.1, 0.15) is 10.8 Å². The van der Waals surface area contributed by atoms with Gasteiger partial charge in [0.25, 0.3) is 5.56 Å². The van der Waals surface area contributed by atoms with Crippen molar-refractivity contribution in [1.82, 2.24) is 14.8 Å². The van der Waals surface area contributed by atoms with Gasteiger partial charge >= 0.3 is 0 Å². The molecule has 0 spiro atoms. The predicted molar refractivity (Wildman–Crippen MR) is 113 cm³/mol. The monoisotopic (exact) mass is 415 g/mol. The molecule has 0 unspecified atom stereocenters. The Hall–Kier alpha value is -2.57. The highest BCUT2D eigenvalue weighted by Crippen LogP contribution is 2.24. The first-order valence-corrected chi connectivity index (χ1v) is 9.78. The molecule has 144 valence electrons. The Bertz CT molecular complexity index is 999. The number of hydrogen-bond donors (Lipinski definition) is 0. The lowest BCUT2D eigenvalue weighted by molar-refractivity contribution is 0.620. The summed E-state index contributed by atoms with van der Waals surface area (Å²) in [6.45, 7) is 3.41. The van der Waals surface area contributed by atoms with Crippen LogP contribution in [0.5, 0.6) is 0 Å². The lowest BCUT2D eigenvalue weighted by atomic mass is 10.2. The Labute approximate surface area is 172 Å². The van der Waals surface area contributed by atoms with Gasteiger partial charge in [0, 0.05) is 32.4 Å². The number of halogens is 2. The summed E-state index contributed by atoms with van der Waals surface area (Å²) >= 11 is 12.3. The van der Waals surface area contributed by atoms with Gasteiger partial charge in [0.15, 0.2) is 0 Å². The fourth-order valence-electron chi connectivity index (χ4n) is 3.28. The van der Waals surface area contributed by atoms with Gasteiger partial charge in [-0.2, -0.15) is 5.10 Å². The van der Waals surface area contributed by atoms with Crippen molar-refractivity contribution in [1.29, 1.82) is 0 Å². The quantitative estimate of drug-likeness (QED) is 0.653. The molecule has 1 saturated heterocycles. The van der Waals surface area contributed by atoms with Gasteiger partial charge < -0.3 is 9.80 Å². The molecule has 4 rings (SSSR count). The largest absolute Gasteiger partial charge is 0.365 e. The molecule has 3 aromatic rings. The summed E-state index contributed by atoms with van der Waals surface area (Å²) in [6, 6.07) is 13.5. The van der Waals surface area contributed by atoms with Crippen molar-refractivity contribution in [3.63, 3.8) is 0 Å². The first-order chi connectivity index (χ1) is 13.6. The second kappa shape index (κ2) is 8.20. The SMILES string of the molecule is O=c1c(Cl)c(N2CCN(c3ccc(Cl)cn3)CC2)cnn1Cc1ccccc1. The maximum Gasteiger partial charge on any atom is 0.287 e. The molecule has 0 N–H and O–H groups in total. The Morgan fingerprint density at radius 2 is 1.61 bits per heavy atom. The van der Waals surface area contributed by atoms with Crippen molar-refractivity contribution in [2.24, 2.45) is 0 Å². The van der Waals surface area contributed by atoms with E-state index < -0.39 is 0 Å². The van der Waals surface area contributed by atoms with E-state index in [0.717, 1.165) is 37.6 Å². The number of piperazine rings is 1. The number of aromatic nitrogens is 3. The van der Waals surface area contributed by atoms with Gasteiger partial charge in [-0.3, -0.25) is 4.79 Å². The summed E-state index contributed by atoms with van der Waals surface area (Å²) in [5, 5.41) is 5.17. The molecule has 2 aromatic heterocycles. The summed E-state index contributed by atoms with van der Waals surface area (Å²) in [6.07, 6.45) is 3.33. The molecule has 0 radical (unpaired) electrons. The molecule has 0 bridgehead atoms. The van der Waals surface area contributed by atoms with E-state index in [9.17, 15) is 4.79 Å². The number of anilines is 2. The van der Waals surface area contributed by atoms with Crippen LogP contribution in [0.2, 0.25) is 10.0 Å². The number of benzene rings is 1. The third kappa shape index (κ3) is 3.98. The molecule has 8 heteroatoms. The van der Waals surface area contributed by atoms with Crippen LogP contribution in [-0.2, 0) is 6.54 Å². The van der Waals surface area contributed by atoms with Crippen molar-refractivity contribution in [2.45, 2.75) is 6.54 Å². The highest BCUT2D eigenvalue weighted by atomic mass is 35.5. The molecular formula is C20H19Cl2N5O. The molecule has 1 fully saturated rings. The van der Waals surface area contributed by atoms with E-state index in [0.29, 0.717) is 17.3 Å². The molecule has 6 nitrogen and oxygen atoms in total. The molecule has 3 heterocycles. The fourth-order valence-corrected chi connectivity index (χ4v) is 3.65. The van der Waals surface area contributed by atoms with Gasteiger partial charge in [0.05, 0.1) is 23.5 Å². The molecule has 28 heavy (non-hydrogen) atoms. The minimum absolute atomic E-state index is 0.212. The Morgan fingerprint density at radius 1 is 0.893 bits per heavy atom. The van der Waals surface area contributed by atoms with Crippen LogP contribution < -0.4 is 15.4 Å². The van der Waals surface area contributed by atoms with Crippen LogP contribution in [0.25, 0.3) is 0 Å². The third-order valence-corrected chi connectivity index (χ3v) is 5.38. The number of nitrogens with zero attached hydrogens (tertiary/aromatic N) is 5. The van der Waals surface area contributed by atoms with E-state index in [-0.39, 0.29) is 10.6 Å². The van der Waals surface area contributed by atoms with Gasteiger partial charge in [-0.15, -0.1) is 0 Å². The van der Waals surface area contributed by atoms with E-state index in [1.807, 2.05) is 42.5 Å². The summed E-state index contributed by atoms with van der Waals surface area (Å²) in [5.74, 6) is 0.895. The van der Waals surface area contributed by atoms with Crippen LogP contribution in [0.15, 0.2) is 59.7 Å². The summed E-state index contributed by atoms with van der Waals surface area (Å²) in [7, 11) is 0. The average molecular weight is 416 g/mol. The van der Waals surface area contributed by atoms with Crippen molar-refractivity contribution >= 4 is 34.7 Å². The minimum atomic E-state index is -0.273. The normalized spacial score (nSPS) is 14.4. The first kappa shape index (κ1) is 18.8.